The number of nitrogens with zero attached hydrogens (tertiary/aromatic N) is 6. The SMILES string of the molecule is CC(C)c1cc(Nc2nc(N3CCCC3C(=O)Nc3ccc(F)nc3)nc3c2CCC3)nn1O. The molecule has 3 aromatic rings. The lowest BCUT2D eigenvalue weighted by molar-refractivity contribution is -0.117. The van der Waals surface area contributed by atoms with Gasteiger partial charge in [0.05, 0.1) is 23.3 Å². The average molecular weight is 467 g/mol. The van der Waals surface area contributed by atoms with E-state index in [1.165, 1.54) is 18.3 Å². The number of pyridine rings is 1. The van der Waals surface area contributed by atoms with Gasteiger partial charge in [-0.05, 0) is 50.2 Å². The van der Waals surface area contributed by atoms with Gasteiger partial charge in [-0.25, -0.2) is 9.97 Å². The van der Waals surface area contributed by atoms with Crippen LogP contribution in [-0.4, -0.2) is 48.6 Å². The van der Waals surface area contributed by atoms with Crippen molar-refractivity contribution in [3.8, 4) is 0 Å². The summed E-state index contributed by atoms with van der Waals surface area (Å²) in [4.78, 5) is 29.0. The minimum absolute atomic E-state index is 0.111. The highest BCUT2D eigenvalue weighted by molar-refractivity contribution is 5.96. The first-order valence-electron chi connectivity index (χ1n) is 11.5. The van der Waals surface area contributed by atoms with Gasteiger partial charge in [0.2, 0.25) is 17.8 Å². The van der Waals surface area contributed by atoms with Crippen molar-refractivity contribution in [1.29, 1.82) is 0 Å². The quantitative estimate of drug-likeness (QED) is 0.373. The fourth-order valence-corrected chi connectivity index (χ4v) is 4.57. The van der Waals surface area contributed by atoms with Crippen LogP contribution in [-0.2, 0) is 17.6 Å². The number of halogens is 1. The highest BCUT2D eigenvalue weighted by Crippen LogP contribution is 2.33. The maximum atomic E-state index is 13.1. The predicted octanol–water partition coefficient (Wildman–Crippen LogP) is 3.41. The van der Waals surface area contributed by atoms with Crippen molar-refractivity contribution in [2.75, 3.05) is 22.1 Å². The molecule has 5 rings (SSSR count). The summed E-state index contributed by atoms with van der Waals surface area (Å²) in [6, 6.07) is 4.05. The van der Waals surface area contributed by atoms with Crippen molar-refractivity contribution in [2.24, 2.45) is 0 Å². The molecule has 1 saturated heterocycles. The molecule has 1 amide bonds. The summed E-state index contributed by atoms with van der Waals surface area (Å²) in [7, 11) is 0. The number of carbonyl (C=O) groups is 1. The Hall–Kier alpha value is -3.76. The monoisotopic (exact) mass is 466 g/mol. The van der Waals surface area contributed by atoms with Crippen LogP contribution in [0, 0.1) is 5.95 Å². The van der Waals surface area contributed by atoms with E-state index in [4.69, 9.17) is 9.97 Å². The highest BCUT2D eigenvalue weighted by Gasteiger charge is 2.34. The Labute approximate surface area is 196 Å². The minimum atomic E-state index is -0.599. The first kappa shape index (κ1) is 22.1. The predicted molar refractivity (Wildman–Crippen MR) is 124 cm³/mol. The van der Waals surface area contributed by atoms with Crippen molar-refractivity contribution in [3.05, 3.63) is 47.3 Å². The largest absolute Gasteiger partial charge is 0.411 e. The third-order valence-corrected chi connectivity index (χ3v) is 6.28. The van der Waals surface area contributed by atoms with E-state index in [1.54, 1.807) is 6.07 Å². The lowest BCUT2D eigenvalue weighted by Gasteiger charge is -2.25. The molecule has 0 radical (unpaired) electrons. The van der Waals surface area contributed by atoms with Gasteiger partial charge in [0, 0.05) is 18.2 Å². The molecule has 1 atom stereocenters. The highest BCUT2D eigenvalue weighted by atomic mass is 19.1. The van der Waals surface area contributed by atoms with E-state index in [2.05, 4.69) is 20.7 Å². The first-order valence-corrected chi connectivity index (χ1v) is 11.5. The Balaban J connectivity index is 1.41. The molecule has 34 heavy (non-hydrogen) atoms. The Morgan fingerprint density at radius 3 is 2.82 bits per heavy atom. The van der Waals surface area contributed by atoms with E-state index < -0.39 is 12.0 Å². The third kappa shape index (κ3) is 4.25. The van der Waals surface area contributed by atoms with Crippen molar-refractivity contribution in [3.63, 3.8) is 0 Å². The fourth-order valence-electron chi connectivity index (χ4n) is 4.57. The molecule has 1 aliphatic carbocycles. The van der Waals surface area contributed by atoms with Crippen LogP contribution >= 0.6 is 0 Å². The molecule has 3 aromatic heterocycles. The second-order valence-electron chi connectivity index (χ2n) is 8.98. The van der Waals surface area contributed by atoms with Crippen LogP contribution in [0.2, 0.25) is 0 Å². The molecule has 10 nitrogen and oxygen atoms in total. The number of hydrogen-bond acceptors (Lipinski definition) is 8. The lowest BCUT2D eigenvalue weighted by Crippen LogP contribution is -2.40. The number of aromatic nitrogens is 5. The maximum absolute atomic E-state index is 13.1. The van der Waals surface area contributed by atoms with Crippen molar-refractivity contribution in [2.45, 2.75) is 57.9 Å². The van der Waals surface area contributed by atoms with E-state index in [1.807, 2.05) is 18.7 Å². The lowest BCUT2D eigenvalue weighted by atomic mass is 10.1. The summed E-state index contributed by atoms with van der Waals surface area (Å²) in [5, 5.41) is 20.3. The molecule has 2 aliphatic rings. The van der Waals surface area contributed by atoms with E-state index in [0.29, 0.717) is 41.9 Å². The number of rotatable bonds is 6. The number of aryl methyl sites for hydroxylation is 1. The number of fused-ring (bicyclic) bond motifs is 1. The number of amides is 1. The van der Waals surface area contributed by atoms with Crippen LogP contribution in [0.3, 0.4) is 0 Å². The zero-order valence-corrected chi connectivity index (χ0v) is 19.1. The van der Waals surface area contributed by atoms with E-state index in [9.17, 15) is 14.4 Å². The van der Waals surface area contributed by atoms with Crippen LogP contribution < -0.4 is 15.5 Å². The van der Waals surface area contributed by atoms with Gasteiger partial charge in [0.1, 0.15) is 11.9 Å². The van der Waals surface area contributed by atoms with E-state index in [0.717, 1.165) is 41.8 Å². The van der Waals surface area contributed by atoms with Crippen LogP contribution in [0.4, 0.5) is 27.7 Å². The van der Waals surface area contributed by atoms with Gasteiger partial charge in [-0.1, -0.05) is 13.8 Å². The Bertz CT molecular complexity index is 1210. The maximum Gasteiger partial charge on any atom is 0.247 e. The Morgan fingerprint density at radius 1 is 1.24 bits per heavy atom. The standard InChI is InChI=1S/C23H27FN8O2/c1-13(2)18-11-20(30-32(18)34)28-21-15-5-3-6-16(15)27-23(29-21)31-10-4-7-17(31)22(33)26-14-8-9-19(24)25-12-14/h8-9,11-13,17,34H,3-7,10H2,1-2H3,(H,26,33)(H,27,28,29,30). The van der Waals surface area contributed by atoms with Crippen molar-refractivity contribution < 1.29 is 14.4 Å². The molecule has 178 valence electrons. The number of hydrogen-bond donors (Lipinski definition) is 3. The number of nitrogens with one attached hydrogen (secondary N) is 2. The molecule has 11 heteroatoms. The van der Waals surface area contributed by atoms with Crippen molar-refractivity contribution >= 4 is 29.2 Å². The van der Waals surface area contributed by atoms with Crippen LogP contribution in [0.5, 0.6) is 0 Å². The average Bonchev–Trinajstić information content (AvgIpc) is 3.54. The molecule has 0 saturated carbocycles. The molecular weight excluding hydrogens is 439 g/mol. The summed E-state index contributed by atoms with van der Waals surface area (Å²) >= 11 is 0. The van der Waals surface area contributed by atoms with Gasteiger partial charge in [-0.2, -0.15) is 9.37 Å². The summed E-state index contributed by atoms with van der Waals surface area (Å²) < 4.78 is 13.1. The van der Waals surface area contributed by atoms with Gasteiger partial charge >= 0.3 is 0 Å². The summed E-state index contributed by atoms with van der Waals surface area (Å²) in [5.41, 5.74) is 3.14. The molecule has 4 heterocycles. The van der Waals surface area contributed by atoms with E-state index in [-0.39, 0.29) is 11.8 Å². The van der Waals surface area contributed by atoms with E-state index >= 15 is 0 Å². The van der Waals surface area contributed by atoms with Gasteiger partial charge in [0.25, 0.3) is 0 Å². The zero-order chi connectivity index (χ0) is 23.8. The molecule has 0 bridgehead atoms. The minimum Gasteiger partial charge on any atom is -0.411 e. The second-order valence-corrected chi connectivity index (χ2v) is 8.98. The molecular formula is C23H27FN8O2. The zero-order valence-electron chi connectivity index (χ0n) is 19.1. The van der Waals surface area contributed by atoms with Crippen LogP contribution in [0.25, 0.3) is 0 Å². The number of carbonyl (C=O) groups excluding carboxylic acids is 1. The van der Waals surface area contributed by atoms with Crippen LogP contribution in [0.1, 0.15) is 56.0 Å². The fraction of sp³-hybridized carbons (Fsp3) is 0.435. The molecule has 1 fully saturated rings. The third-order valence-electron chi connectivity index (χ3n) is 6.28. The first-order chi connectivity index (χ1) is 16.4. The smallest absolute Gasteiger partial charge is 0.247 e. The molecule has 3 N–H and O–H groups in total. The van der Waals surface area contributed by atoms with Gasteiger partial charge in [0.15, 0.2) is 5.82 Å². The summed E-state index contributed by atoms with van der Waals surface area (Å²) in [6.45, 7) is 4.61. The van der Waals surface area contributed by atoms with Crippen LogP contribution in [0.15, 0.2) is 24.4 Å². The topological polar surface area (TPSA) is 121 Å². The summed E-state index contributed by atoms with van der Waals surface area (Å²) in [5.74, 6) is 0.957. The second kappa shape index (κ2) is 8.88. The van der Waals surface area contributed by atoms with Crippen molar-refractivity contribution in [1.82, 2.24) is 24.9 Å². The number of anilines is 4. The summed E-state index contributed by atoms with van der Waals surface area (Å²) in [6.07, 6.45) is 5.47. The molecule has 0 aromatic carbocycles. The van der Waals surface area contributed by atoms with Gasteiger partial charge in [-0.15, -0.1) is 9.94 Å². The van der Waals surface area contributed by atoms with Gasteiger partial charge in [-0.3, -0.25) is 4.79 Å². The van der Waals surface area contributed by atoms with Gasteiger partial charge < -0.3 is 20.7 Å². The normalized spacial score (nSPS) is 17.3. The Morgan fingerprint density at radius 2 is 2.09 bits per heavy atom. The molecule has 1 aliphatic heterocycles. The molecule has 1 unspecified atom stereocenters. The Kier molecular flexibility index (Phi) is 5.76. The molecule has 0 spiro atoms.